The number of nitrogens with zero attached hydrogens (tertiary/aromatic N) is 2. The molecule has 0 spiro atoms. The van der Waals surface area contributed by atoms with Crippen LogP contribution in [0.3, 0.4) is 0 Å². The van der Waals surface area contributed by atoms with Crippen molar-refractivity contribution in [3.8, 4) is 16.8 Å². The topological polar surface area (TPSA) is 61.2 Å². The van der Waals surface area contributed by atoms with Crippen molar-refractivity contribution in [3.05, 3.63) is 72.1 Å². The molecule has 5 nitrogen and oxygen atoms in total. The fourth-order valence-corrected chi connectivity index (χ4v) is 2.72. The van der Waals surface area contributed by atoms with E-state index in [0.717, 1.165) is 5.56 Å². The summed E-state index contributed by atoms with van der Waals surface area (Å²) in [4.78, 5) is 24.9. The third-order valence-electron chi connectivity index (χ3n) is 3.75. The van der Waals surface area contributed by atoms with Crippen LogP contribution in [0.25, 0.3) is 16.8 Å². The second-order valence-corrected chi connectivity index (χ2v) is 5.46. The predicted octanol–water partition coefficient (Wildman–Crippen LogP) is 3.92. The van der Waals surface area contributed by atoms with E-state index in [1.54, 1.807) is 6.92 Å². The zero-order valence-corrected chi connectivity index (χ0v) is 14.1. The zero-order valence-electron chi connectivity index (χ0n) is 14.1. The maximum Gasteiger partial charge on any atom is 0.359 e. The molecule has 0 radical (unpaired) electrons. The number of carbonyl (C=O) groups excluding carboxylic acids is 2. The third-order valence-corrected chi connectivity index (χ3v) is 3.75. The minimum atomic E-state index is -0.543. The van der Waals surface area contributed by atoms with E-state index in [4.69, 9.17) is 4.74 Å². The van der Waals surface area contributed by atoms with E-state index in [1.807, 2.05) is 60.7 Å². The Labute approximate surface area is 145 Å². The molecular formula is C20H18N2O3. The Bertz CT molecular complexity index is 899. The molecule has 25 heavy (non-hydrogen) atoms. The molecule has 0 N–H and O–H groups in total. The second kappa shape index (κ2) is 7.13. The van der Waals surface area contributed by atoms with Crippen LogP contribution < -0.4 is 0 Å². The van der Waals surface area contributed by atoms with Gasteiger partial charge in [0.2, 0.25) is 0 Å². The molecule has 0 amide bonds. The zero-order chi connectivity index (χ0) is 17.8. The quantitative estimate of drug-likeness (QED) is 0.524. The van der Waals surface area contributed by atoms with Crippen LogP contribution in [0.5, 0.6) is 0 Å². The van der Waals surface area contributed by atoms with E-state index >= 15 is 0 Å². The number of ketones is 1. The van der Waals surface area contributed by atoms with Crippen molar-refractivity contribution in [2.75, 3.05) is 6.61 Å². The number of esters is 1. The van der Waals surface area contributed by atoms with Crippen molar-refractivity contribution in [1.82, 2.24) is 9.78 Å². The van der Waals surface area contributed by atoms with Gasteiger partial charge < -0.3 is 4.74 Å². The van der Waals surface area contributed by atoms with Crippen molar-refractivity contribution >= 4 is 11.8 Å². The lowest BCUT2D eigenvalue weighted by molar-refractivity contribution is 0.0519. The Kier molecular flexibility index (Phi) is 4.75. The van der Waals surface area contributed by atoms with Crippen LogP contribution in [0.2, 0.25) is 0 Å². The Morgan fingerprint density at radius 3 is 2.16 bits per heavy atom. The van der Waals surface area contributed by atoms with Gasteiger partial charge in [-0.3, -0.25) is 4.79 Å². The summed E-state index contributed by atoms with van der Waals surface area (Å²) in [6.07, 6.45) is 0. The van der Waals surface area contributed by atoms with E-state index in [-0.39, 0.29) is 18.1 Å². The molecule has 0 unspecified atom stereocenters. The van der Waals surface area contributed by atoms with Crippen LogP contribution in [0, 0.1) is 0 Å². The van der Waals surface area contributed by atoms with Gasteiger partial charge in [0.05, 0.1) is 12.3 Å². The molecule has 3 rings (SSSR count). The van der Waals surface area contributed by atoms with E-state index in [2.05, 4.69) is 5.10 Å². The van der Waals surface area contributed by atoms with Crippen LogP contribution in [0.4, 0.5) is 0 Å². The molecule has 2 aromatic carbocycles. The molecule has 1 heterocycles. The molecule has 0 saturated carbocycles. The van der Waals surface area contributed by atoms with Gasteiger partial charge in [0.1, 0.15) is 5.69 Å². The lowest BCUT2D eigenvalue weighted by Gasteiger charge is -2.07. The molecule has 0 fully saturated rings. The smallest absolute Gasteiger partial charge is 0.359 e. The highest BCUT2D eigenvalue weighted by Crippen LogP contribution is 2.30. The van der Waals surface area contributed by atoms with Crippen molar-refractivity contribution in [2.24, 2.45) is 0 Å². The van der Waals surface area contributed by atoms with Crippen molar-refractivity contribution in [1.29, 1.82) is 0 Å². The fraction of sp³-hybridized carbons (Fsp3) is 0.150. The molecule has 0 saturated heterocycles. The average molecular weight is 334 g/mol. The van der Waals surface area contributed by atoms with Gasteiger partial charge in [-0.2, -0.15) is 5.10 Å². The van der Waals surface area contributed by atoms with Crippen molar-refractivity contribution in [3.63, 3.8) is 0 Å². The first-order valence-corrected chi connectivity index (χ1v) is 8.05. The lowest BCUT2D eigenvalue weighted by atomic mass is 10.0. The van der Waals surface area contributed by atoms with Gasteiger partial charge in [-0.05, 0) is 24.6 Å². The van der Waals surface area contributed by atoms with Gasteiger partial charge in [-0.1, -0.05) is 48.5 Å². The van der Waals surface area contributed by atoms with E-state index in [0.29, 0.717) is 16.9 Å². The maximum atomic E-state index is 12.4. The molecule has 3 aromatic rings. The number of hydrogen-bond acceptors (Lipinski definition) is 4. The standard InChI is InChI=1S/C20H18N2O3/c1-3-25-20(24)18-17(15-10-6-4-7-11-15)19(14(2)23)22(21-18)16-12-8-5-9-13-16/h4-13H,3H2,1-2H3. The number of aromatic nitrogens is 2. The van der Waals surface area contributed by atoms with Gasteiger partial charge in [-0.15, -0.1) is 0 Å². The number of Topliss-reactive ketones (excluding diaryl/α,β-unsaturated/α-hetero) is 1. The molecule has 0 aliphatic heterocycles. The molecule has 0 aliphatic carbocycles. The first kappa shape index (κ1) is 16.6. The molecule has 126 valence electrons. The summed E-state index contributed by atoms with van der Waals surface area (Å²) in [6.45, 7) is 3.44. The van der Waals surface area contributed by atoms with Crippen LogP contribution in [0.15, 0.2) is 60.7 Å². The van der Waals surface area contributed by atoms with E-state index in [9.17, 15) is 9.59 Å². The second-order valence-electron chi connectivity index (χ2n) is 5.46. The number of carbonyl (C=O) groups is 2. The summed E-state index contributed by atoms with van der Waals surface area (Å²) in [5.74, 6) is -0.718. The first-order chi connectivity index (χ1) is 12.1. The van der Waals surface area contributed by atoms with Crippen LogP contribution in [-0.2, 0) is 4.74 Å². The number of benzene rings is 2. The predicted molar refractivity (Wildman–Crippen MR) is 95.0 cm³/mol. The summed E-state index contributed by atoms with van der Waals surface area (Å²) in [5.41, 5.74) is 2.45. The highest BCUT2D eigenvalue weighted by molar-refractivity contribution is 6.06. The Morgan fingerprint density at radius 2 is 1.60 bits per heavy atom. The maximum absolute atomic E-state index is 12.4. The number of ether oxygens (including phenoxy) is 1. The fourth-order valence-electron chi connectivity index (χ4n) is 2.72. The van der Waals surface area contributed by atoms with Gasteiger partial charge in [0.25, 0.3) is 0 Å². The number of para-hydroxylation sites is 1. The lowest BCUT2D eigenvalue weighted by Crippen LogP contribution is -2.08. The highest BCUT2D eigenvalue weighted by atomic mass is 16.5. The van der Waals surface area contributed by atoms with E-state index in [1.165, 1.54) is 11.6 Å². The summed E-state index contributed by atoms with van der Waals surface area (Å²) < 4.78 is 6.66. The molecule has 0 bridgehead atoms. The molecular weight excluding hydrogens is 316 g/mol. The average Bonchev–Trinajstić information content (AvgIpc) is 3.04. The van der Waals surface area contributed by atoms with Crippen LogP contribution in [-0.4, -0.2) is 28.1 Å². The van der Waals surface area contributed by atoms with Gasteiger partial charge in [-0.25, -0.2) is 9.48 Å². The molecule has 5 heteroatoms. The Hall–Kier alpha value is -3.21. The van der Waals surface area contributed by atoms with Crippen molar-refractivity contribution < 1.29 is 14.3 Å². The van der Waals surface area contributed by atoms with E-state index < -0.39 is 5.97 Å². The summed E-state index contributed by atoms with van der Waals surface area (Å²) in [7, 11) is 0. The SMILES string of the molecule is CCOC(=O)c1nn(-c2ccccc2)c(C(C)=O)c1-c1ccccc1. The highest BCUT2D eigenvalue weighted by Gasteiger charge is 2.27. The molecule has 0 atom stereocenters. The summed E-state index contributed by atoms with van der Waals surface area (Å²) in [6, 6.07) is 18.5. The normalized spacial score (nSPS) is 10.5. The number of rotatable bonds is 5. The minimum Gasteiger partial charge on any atom is -0.461 e. The van der Waals surface area contributed by atoms with Gasteiger partial charge >= 0.3 is 5.97 Å². The van der Waals surface area contributed by atoms with Crippen molar-refractivity contribution in [2.45, 2.75) is 13.8 Å². The summed E-state index contributed by atoms with van der Waals surface area (Å²) >= 11 is 0. The summed E-state index contributed by atoms with van der Waals surface area (Å²) in [5, 5.41) is 4.42. The Morgan fingerprint density at radius 1 is 1.00 bits per heavy atom. The first-order valence-electron chi connectivity index (χ1n) is 8.05. The number of hydrogen-bond donors (Lipinski definition) is 0. The molecule has 0 aliphatic rings. The van der Waals surface area contributed by atoms with Gasteiger partial charge in [0.15, 0.2) is 11.5 Å². The Balaban J connectivity index is 2.32. The monoisotopic (exact) mass is 334 g/mol. The van der Waals surface area contributed by atoms with Crippen LogP contribution >= 0.6 is 0 Å². The minimum absolute atomic E-state index is 0.141. The van der Waals surface area contributed by atoms with Crippen LogP contribution in [0.1, 0.15) is 34.8 Å². The third kappa shape index (κ3) is 3.21. The molecule has 1 aromatic heterocycles. The largest absolute Gasteiger partial charge is 0.461 e. The van der Waals surface area contributed by atoms with Gasteiger partial charge in [0, 0.05) is 12.5 Å².